The molecule has 98 valence electrons. The maximum absolute atomic E-state index is 11.6. The van der Waals surface area contributed by atoms with Gasteiger partial charge in [0.2, 0.25) is 0 Å². The molecular weight excluding hydrogens is 216 g/mol. The van der Waals surface area contributed by atoms with Crippen LogP contribution in [-0.2, 0) is 9.53 Å². The van der Waals surface area contributed by atoms with E-state index in [4.69, 9.17) is 4.74 Å². The van der Waals surface area contributed by atoms with Gasteiger partial charge in [-0.1, -0.05) is 6.42 Å². The highest BCUT2D eigenvalue weighted by molar-refractivity contribution is 5.76. The molecule has 2 unspecified atom stereocenters. The summed E-state index contributed by atoms with van der Waals surface area (Å²) in [5.74, 6) is 0.419. The number of nitrogens with zero attached hydrogens (tertiary/aromatic N) is 1. The first kappa shape index (κ1) is 12.8. The Morgan fingerprint density at radius 1 is 1.41 bits per heavy atom. The molecule has 0 aromatic rings. The number of nitrogens with one attached hydrogen (secondary N) is 1. The van der Waals surface area contributed by atoms with Crippen LogP contribution in [0, 0.1) is 5.92 Å². The third-order valence-electron chi connectivity index (χ3n) is 4.04. The molecule has 1 heterocycles. The molecule has 1 saturated carbocycles. The Morgan fingerprint density at radius 2 is 2.18 bits per heavy atom. The summed E-state index contributed by atoms with van der Waals surface area (Å²) in [6.45, 7) is 2.09. The van der Waals surface area contributed by atoms with Gasteiger partial charge in [0.25, 0.3) is 0 Å². The number of likely N-dealkylation sites (N-methyl/N-ethyl adjacent to an activating group) is 1. The van der Waals surface area contributed by atoms with Gasteiger partial charge >= 0.3 is 5.97 Å². The smallest absolute Gasteiger partial charge is 0.323 e. The van der Waals surface area contributed by atoms with Crippen LogP contribution < -0.4 is 5.32 Å². The zero-order valence-electron chi connectivity index (χ0n) is 10.9. The molecule has 0 aromatic carbocycles. The highest BCUT2D eigenvalue weighted by Crippen LogP contribution is 2.33. The summed E-state index contributed by atoms with van der Waals surface area (Å²) >= 11 is 0. The van der Waals surface area contributed by atoms with Crippen molar-refractivity contribution in [2.24, 2.45) is 5.92 Å². The predicted molar refractivity (Wildman–Crippen MR) is 66.8 cm³/mol. The van der Waals surface area contributed by atoms with Crippen molar-refractivity contribution >= 4 is 5.97 Å². The van der Waals surface area contributed by atoms with E-state index >= 15 is 0 Å². The van der Waals surface area contributed by atoms with Crippen molar-refractivity contribution in [2.45, 2.75) is 44.2 Å². The second kappa shape index (κ2) is 5.83. The molecule has 0 amide bonds. The molecule has 1 aliphatic carbocycles. The standard InChI is InChI=1S/C13H24N2O2/c1-15-8-4-3-5-11(15)9-14-12(10-6-7-10)13(16)17-2/h10-12,14H,3-9H2,1-2H3. The molecule has 17 heavy (non-hydrogen) atoms. The number of hydrogen-bond donors (Lipinski definition) is 1. The number of carbonyl (C=O) groups is 1. The number of esters is 1. The van der Waals surface area contributed by atoms with Gasteiger partial charge in [-0.05, 0) is 45.2 Å². The van der Waals surface area contributed by atoms with E-state index in [1.54, 1.807) is 0 Å². The molecular formula is C13H24N2O2. The van der Waals surface area contributed by atoms with Crippen LogP contribution in [0.1, 0.15) is 32.1 Å². The van der Waals surface area contributed by atoms with Gasteiger partial charge in [0.15, 0.2) is 0 Å². The zero-order chi connectivity index (χ0) is 12.3. The number of ether oxygens (including phenoxy) is 1. The Kier molecular flexibility index (Phi) is 4.40. The molecule has 0 bridgehead atoms. The van der Waals surface area contributed by atoms with E-state index in [9.17, 15) is 4.79 Å². The average molecular weight is 240 g/mol. The highest BCUT2D eigenvalue weighted by atomic mass is 16.5. The Bertz CT molecular complexity index is 266. The first-order valence-corrected chi connectivity index (χ1v) is 6.74. The van der Waals surface area contributed by atoms with Crippen LogP contribution >= 0.6 is 0 Å². The molecule has 2 rings (SSSR count). The lowest BCUT2D eigenvalue weighted by molar-refractivity contribution is -0.143. The molecule has 0 aromatic heterocycles. The minimum atomic E-state index is -0.0917. The summed E-state index contributed by atoms with van der Waals surface area (Å²) in [5.41, 5.74) is 0. The van der Waals surface area contributed by atoms with E-state index in [0.29, 0.717) is 12.0 Å². The average Bonchev–Trinajstić information content (AvgIpc) is 3.15. The monoisotopic (exact) mass is 240 g/mol. The van der Waals surface area contributed by atoms with Gasteiger partial charge < -0.3 is 15.0 Å². The van der Waals surface area contributed by atoms with Crippen molar-refractivity contribution in [1.29, 1.82) is 0 Å². The van der Waals surface area contributed by atoms with Crippen LogP contribution in [0.3, 0.4) is 0 Å². The molecule has 0 radical (unpaired) electrons. The fourth-order valence-electron chi connectivity index (χ4n) is 2.66. The third kappa shape index (κ3) is 3.42. The number of methoxy groups -OCH3 is 1. The van der Waals surface area contributed by atoms with Crippen LogP contribution in [0.2, 0.25) is 0 Å². The van der Waals surface area contributed by atoms with Crippen molar-refractivity contribution in [2.75, 3.05) is 27.2 Å². The molecule has 0 spiro atoms. The first-order chi connectivity index (χ1) is 8.22. The Labute approximate surface area is 104 Å². The van der Waals surface area contributed by atoms with Crippen molar-refractivity contribution in [3.05, 3.63) is 0 Å². The number of likely N-dealkylation sites (tertiary alicyclic amines) is 1. The quantitative estimate of drug-likeness (QED) is 0.728. The number of rotatable bonds is 5. The van der Waals surface area contributed by atoms with Gasteiger partial charge in [-0.15, -0.1) is 0 Å². The van der Waals surface area contributed by atoms with Gasteiger partial charge in [-0.2, -0.15) is 0 Å². The second-order valence-electron chi connectivity index (χ2n) is 5.38. The number of hydrogen-bond acceptors (Lipinski definition) is 4. The van der Waals surface area contributed by atoms with E-state index in [-0.39, 0.29) is 12.0 Å². The van der Waals surface area contributed by atoms with Crippen molar-refractivity contribution in [3.63, 3.8) is 0 Å². The predicted octanol–water partition coefficient (Wildman–Crippen LogP) is 1.01. The topological polar surface area (TPSA) is 41.6 Å². The molecule has 2 fully saturated rings. The van der Waals surface area contributed by atoms with Gasteiger partial charge in [-0.25, -0.2) is 0 Å². The lowest BCUT2D eigenvalue weighted by Gasteiger charge is -2.33. The largest absolute Gasteiger partial charge is 0.468 e. The van der Waals surface area contributed by atoms with E-state index < -0.39 is 0 Å². The normalized spacial score (nSPS) is 27.8. The van der Waals surface area contributed by atoms with Crippen molar-refractivity contribution < 1.29 is 9.53 Å². The molecule has 1 N–H and O–H groups in total. The first-order valence-electron chi connectivity index (χ1n) is 6.74. The van der Waals surface area contributed by atoms with Crippen LogP contribution in [0.4, 0.5) is 0 Å². The van der Waals surface area contributed by atoms with Gasteiger partial charge in [0.1, 0.15) is 6.04 Å². The van der Waals surface area contributed by atoms with Crippen molar-refractivity contribution in [3.8, 4) is 0 Å². The maximum Gasteiger partial charge on any atom is 0.323 e. The fourth-order valence-corrected chi connectivity index (χ4v) is 2.66. The van der Waals surface area contributed by atoms with Gasteiger partial charge in [-0.3, -0.25) is 4.79 Å². The Hall–Kier alpha value is -0.610. The van der Waals surface area contributed by atoms with Gasteiger partial charge in [0, 0.05) is 12.6 Å². The van der Waals surface area contributed by atoms with E-state index in [2.05, 4.69) is 17.3 Å². The number of carbonyl (C=O) groups excluding carboxylic acids is 1. The molecule has 2 atom stereocenters. The highest BCUT2D eigenvalue weighted by Gasteiger charge is 2.37. The lowest BCUT2D eigenvalue weighted by Crippen LogP contribution is -2.48. The number of piperidine rings is 1. The maximum atomic E-state index is 11.6. The van der Waals surface area contributed by atoms with Crippen LogP contribution in [0.25, 0.3) is 0 Å². The van der Waals surface area contributed by atoms with Crippen LogP contribution in [0.5, 0.6) is 0 Å². The van der Waals surface area contributed by atoms with Crippen molar-refractivity contribution in [1.82, 2.24) is 10.2 Å². The fraction of sp³-hybridized carbons (Fsp3) is 0.923. The lowest BCUT2D eigenvalue weighted by atomic mass is 10.0. The molecule has 4 nitrogen and oxygen atoms in total. The van der Waals surface area contributed by atoms with Crippen LogP contribution in [0.15, 0.2) is 0 Å². The van der Waals surface area contributed by atoms with E-state index in [1.807, 2.05) is 0 Å². The Morgan fingerprint density at radius 3 is 2.76 bits per heavy atom. The van der Waals surface area contributed by atoms with Crippen LogP contribution in [-0.4, -0.2) is 50.2 Å². The van der Waals surface area contributed by atoms with E-state index in [0.717, 1.165) is 19.4 Å². The molecule has 1 saturated heterocycles. The molecule has 4 heteroatoms. The van der Waals surface area contributed by atoms with Gasteiger partial charge in [0.05, 0.1) is 7.11 Å². The third-order valence-corrected chi connectivity index (χ3v) is 4.04. The summed E-state index contributed by atoms with van der Waals surface area (Å²) in [5, 5.41) is 3.42. The minimum Gasteiger partial charge on any atom is -0.468 e. The Balaban J connectivity index is 1.80. The second-order valence-corrected chi connectivity index (χ2v) is 5.38. The summed E-state index contributed by atoms with van der Waals surface area (Å²) in [6.07, 6.45) is 6.17. The summed E-state index contributed by atoms with van der Waals surface area (Å²) in [4.78, 5) is 14.0. The zero-order valence-corrected chi connectivity index (χ0v) is 10.9. The molecule has 2 aliphatic rings. The minimum absolute atomic E-state index is 0.0738. The SMILES string of the molecule is COC(=O)C(NCC1CCCCN1C)C1CC1. The summed E-state index contributed by atoms with van der Waals surface area (Å²) < 4.78 is 4.87. The summed E-state index contributed by atoms with van der Waals surface area (Å²) in [7, 11) is 3.65. The summed E-state index contributed by atoms with van der Waals surface area (Å²) in [6, 6.07) is 0.505. The molecule has 1 aliphatic heterocycles. The van der Waals surface area contributed by atoms with E-state index in [1.165, 1.54) is 32.9 Å².